The molecule has 0 fully saturated rings. The molecule has 0 radical (unpaired) electrons. The zero-order valence-electron chi connectivity index (χ0n) is 7.38. The number of carbonyl (C=O) groups is 1. The van der Waals surface area contributed by atoms with Crippen LogP contribution in [0.25, 0.3) is 0 Å². The van der Waals surface area contributed by atoms with Crippen LogP contribution in [0.1, 0.15) is 37.1 Å². The number of aromatic amines is 1. The molecule has 0 unspecified atom stereocenters. The fourth-order valence-electron chi connectivity index (χ4n) is 0.811. The van der Waals surface area contributed by atoms with Gasteiger partial charge in [0, 0.05) is 17.3 Å². The van der Waals surface area contributed by atoms with Crippen LogP contribution in [0.4, 0.5) is 0 Å². The van der Waals surface area contributed by atoms with Gasteiger partial charge in [0.25, 0.3) is 0 Å². The number of rotatable bonds is 1. The number of hydrogen-bond acceptors (Lipinski definition) is 2. The predicted molar refractivity (Wildman–Crippen MR) is 44.2 cm³/mol. The molecule has 0 atom stereocenters. The summed E-state index contributed by atoms with van der Waals surface area (Å²) in [5, 5.41) is 8.57. The molecule has 2 N–H and O–H groups in total. The van der Waals surface area contributed by atoms with Crippen LogP contribution in [0.3, 0.4) is 0 Å². The van der Waals surface area contributed by atoms with E-state index < -0.39 is 5.97 Å². The lowest BCUT2D eigenvalue weighted by Crippen LogP contribution is -2.12. The Kier molecular flexibility index (Phi) is 1.92. The van der Waals surface area contributed by atoms with Gasteiger partial charge in [0.05, 0.1) is 0 Å². The van der Waals surface area contributed by atoms with Gasteiger partial charge in [0.2, 0.25) is 5.82 Å². The topological polar surface area (TPSA) is 66.0 Å². The summed E-state index contributed by atoms with van der Waals surface area (Å²) in [6.07, 6.45) is 1.56. The Labute approximate surface area is 70.6 Å². The lowest BCUT2D eigenvalue weighted by molar-refractivity contribution is 0.0684. The fraction of sp³-hybridized carbons (Fsp3) is 0.500. The van der Waals surface area contributed by atoms with E-state index in [9.17, 15) is 4.79 Å². The van der Waals surface area contributed by atoms with Gasteiger partial charge in [0.15, 0.2) is 0 Å². The minimum Gasteiger partial charge on any atom is -0.475 e. The third-order valence-corrected chi connectivity index (χ3v) is 1.59. The van der Waals surface area contributed by atoms with Crippen molar-refractivity contribution in [3.63, 3.8) is 0 Å². The molecule has 0 aliphatic heterocycles. The normalized spacial score (nSPS) is 11.6. The minimum atomic E-state index is -1.02. The number of carboxylic acid groups (broad SMARTS) is 1. The van der Waals surface area contributed by atoms with Gasteiger partial charge in [-0.3, -0.25) is 0 Å². The van der Waals surface area contributed by atoms with Crippen LogP contribution >= 0.6 is 0 Å². The largest absolute Gasteiger partial charge is 0.475 e. The second kappa shape index (κ2) is 2.62. The van der Waals surface area contributed by atoms with Crippen LogP contribution in [0.15, 0.2) is 6.20 Å². The summed E-state index contributed by atoms with van der Waals surface area (Å²) in [5.41, 5.74) is 0.751. The third kappa shape index (κ3) is 1.64. The number of nitrogens with zero attached hydrogens (tertiary/aromatic N) is 1. The lowest BCUT2D eigenvalue weighted by Gasteiger charge is -2.14. The van der Waals surface area contributed by atoms with Crippen molar-refractivity contribution in [2.24, 2.45) is 0 Å². The zero-order chi connectivity index (χ0) is 9.35. The maximum absolute atomic E-state index is 10.4. The van der Waals surface area contributed by atoms with E-state index in [1.807, 2.05) is 20.8 Å². The Hall–Kier alpha value is -1.32. The molecule has 4 nitrogen and oxygen atoms in total. The van der Waals surface area contributed by atoms with E-state index in [4.69, 9.17) is 5.11 Å². The van der Waals surface area contributed by atoms with Gasteiger partial charge < -0.3 is 10.1 Å². The van der Waals surface area contributed by atoms with Crippen molar-refractivity contribution >= 4 is 5.97 Å². The van der Waals surface area contributed by atoms with Crippen LogP contribution in [0.5, 0.6) is 0 Å². The van der Waals surface area contributed by atoms with E-state index in [1.54, 1.807) is 6.20 Å². The van der Waals surface area contributed by atoms with E-state index in [-0.39, 0.29) is 11.2 Å². The average Bonchev–Trinajstić information content (AvgIpc) is 2.30. The molecule has 0 aliphatic carbocycles. The molecule has 0 amide bonds. The summed E-state index contributed by atoms with van der Waals surface area (Å²) in [7, 11) is 0. The molecular weight excluding hydrogens is 156 g/mol. The Morgan fingerprint density at radius 2 is 2.17 bits per heavy atom. The zero-order valence-corrected chi connectivity index (χ0v) is 7.38. The molecule has 0 bridgehead atoms. The second-order valence-corrected chi connectivity index (χ2v) is 3.70. The second-order valence-electron chi connectivity index (χ2n) is 3.70. The molecule has 0 aromatic carbocycles. The first kappa shape index (κ1) is 8.77. The molecule has 0 saturated carbocycles. The summed E-state index contributed by atoms with van der Waals surface area (Å²) in [6.45, 7) is 5.98. The summed E-state index contributed by atoms with van der Waals surface area (Å²) in [5.74, 6) is -1.02. The SMILES string of the molecule is CC(C)(C)c1cnc(C(=O)O)[nH]1. The molecular formula is C8H12N2O2. The van der Waals surface area contributed by atoms with Gasteiger partial charge in [-0.1, -0.05) is 20.8 Å². The Morgan fingerprint density at radius 3 is 2.42 bits per heavy atom. The fourth-order valence-corrected chi connectivity index (χ4v) is 0.811. The van der Waals surface area contributed by atoms with Gasteiger partial charge in [-0.2, -0.15) is 0 Å². The molecule has 1 aromatic rings. The molecule has 1 aromatic heterocycles. The van der Waals surface area contributed by atoms with Gasteiger partial charge in [-0.25, -0.2) is 9.78 Å². The highest BCUT2D eigenvalue weighted by molar-refractivity contribution is 5.83. The first-order chi connectivity index (χ1) is 5.41. The number of aromatic carboxylic acids is 1. The van der Waals surface area contributed by atoms with E-state index in [0.717, 1.165) is 5.69 Å². The van der Waals surface area contributed by atoms with Gasteiger partial charge in [0.1, 0.15) is 0 Å². The van der Waals surface area contributed by atoms with Crippen molar-refractivity contribution in [3.05, 3.63) is 17.7 Å². The molecule has 0 saturated heterocycles. The highest BCUT2D eigenvalue weighted by Gasteiger charge is 2.18. The molecule has 0 aliphatic rings. The first-order valence-corrected chi connectivity index (χ1v) is 3.70. The molecule has 1 heterocycles. The highest BCUT2D eigenvalue weighted by Crippen LogP contribution is 2.19. The number of H-pyrrole nitrogens is 1. The van der Waals surface area contributed by atoms with Gasteiger partial charge >= 0.3 is 5.97 Å². The standard InChI is InChI=1S/C8H12N2O2/c1-8(2,3)5-4-9-6(10-5)7(11)12/h4H,1-3H3,(H,9,10)(H,11,12). The number of imidazole rings is 1. The van der Waals surface area contributed by atoms with Crippen molar-refractivity contribution < 1.29 is 9.90 Å². The van der Waals surface area contributed by atoms with Gasteiger partial charge in [-0.15, -0.1) is 0 Å². The maximum atomic E-state index is 10.4. The molecule has 12 heavy (non-hydrogen) atoms. The average molecular weight is 168 g/mol. The molecule has 66 valence electrons. The molecule has 4 heteroatoms. The Morgan fingerprint density at radius 1 is 1.58 bits per heavy atom. The van der Waals surface area contributed by atoms with E-state index in [2.05, 4.69) is 9.97 Å². The van der Waals surface area contributed by atoms with Crippen LogP contribution in [-0.2, 0) is 5.41 Å². The number of carboxylic acids is 1. The third-order valence-electron chi connectivity index (χ3n) is 1.59. The quantitative estimate of drug-likeness (QED) is 0.666. The van der Waals surface area contributed by atoms with E-state index in [1.165, 1.54) is 0 Å². The smallest absolute Gasteiger partial charge is 0.371 e. The van der Waals surface area contributed by atoms with Gasteiger partial charge in [-0.05, 0) is 0 Å². The van der Waals surface area contributed by atoms with Crippen molar-refractivity contribution in [2.75, 3.05) is 0 Å². The van der Waals surface area contributed by atoms with E-state index in [0.29, 0.717) is 0 Å². The minimum absolute atomic E-state index is 0.0000694. The summed E-state index contributed by atoms with van der Waals surface area (Å²) < 4.78 is 0. The Bertz CT molecular complexity index is 296. The lowest BCUT2D eigenvalue weighted by atomic mass is 9.93. The first-order valence-electron chi connectivity index (χ1n) is 3.70. The van der Waals surface area contributed by atoms with Crippen LogP contribution < -0.4 is 0 Å². The van der Waals surface area contributed by atoms with Crippen LogP contribution in [0.2, 0.25) is 0 Å². The van der Waals surface area contributed by atoms with Crippen molar-refractivity contribution in [3.8, 4) is 0 Å². The van der Waals surface area contributed by atoms with Crippen molar-refractivity contribution in [1.82, 2.24) is 9.97 Å². The number of aromatic nitrogens is 2. The maximum Gasteiger partial charge on any atom is 0.371 e. The monoisotopic (exact) mass is 168 g/mol. The van der Waals surface area contributed by atoms with E-state index >= 15 is 0 Å². The van der Waals surface area contributed by atoms with Crippen molar-refractivity contribution in [1.29, 1.82) is 0 Å². The predicted octanol–water partition coefficient (Wildman–Crippen LogP) is 1.41. The van der Waals surface area contributed by atoms with Crippen molar-refractivity contribution in [2.45, 2.75) is 26.2 Å². The molecule has 0 spiro atoms. The van der Waals surface area contributed by atoms with Crippen LogP contribution in [-0.4, -0.2) is 21.0 Å². The summed E-state index contributed by atoms with van der Waals surface area (Å²) in [6, 6.07) is 0. The summed E-state index contributed by atoms with van der Waals surface area (Å²) >= 11 is 0. The summed E-state index contributed by atoms with van der Waals surface area (Å²) in [4.78, 5) is 16.9. The number of nitrogens with one attached hydrogen (secondary N) is 1. The molecule has 1 rings (SSSR count). The number of hydrogen-bond donors (Lipinski definition) is 2. The Balaban J connectivity index is 3.00. The highest BCUT2D eigenvalue weighted by atomic mass is 16.4. The van der Waals surface area contributed by atoms with Crippen LogP contribution in [0, 0.1) is 0 Å².